The molecule has 1 aromatic heterocycles. The van der Waals surface area contributed by atoms with Crippen molar-refractivity contribution in [3.05, 3.63) is 52.3 Å². The van der Waals surface area contributed by atoms with E-state index < -0.39 is 0 Å². The lowest BCUT2D eigenvalue weighted by Gasteiger charge is -2.07. The summed E-state index contributed by atoms with van der Waals surface area (Å²) in [6, 6.07) is 10.2. The standard InChI is InChI=1S/C14H11BrFN5/c1-8-2-3-13(12(16)4-8)21-14(18-19-20-21)9-5-10(15)7-11(17)6-9/h2-7H,17H2,1H3. The first-order valence-corrected chi connectivity index (χ1v) is 6.95. The van der Waals surface area contributed by atoms with Crippen molar-refractivity contribution in [2.45, 2.75) is 6.92 Å². The summed E-state index contributed by atoms with van der Waals surface area (Å²) in [5.41, 5.74) is 8.21. The fraction of sp³-hybridized carbons (Fsp3) is 0.0714. The predicted octanol–water partition coefficient (Wildman–Crippen LogP) is 3.12. The first-order chi connectivity index (χ1) is 10.0. The quantitative estimate of drug-likeness (QED) is 0.723. The van der Waals surface area contributed by atoms with Gasteiger partial charge in [0, 0.05) is 15.7 Å². The van der Waals surface area contributed by atoms with Gasteiger partial charge in [-0.05, 0) is 53.2 Å². The fourth-order valence-electron chi connectivity index (χ4n) is 2.05. The van der Waals surface area contributed by atoms with Crippen LogP contribution in [0.15, 0.2) is 40.9 Å². The number of aryl methyl sites for hydroxylation is 1. The van der Waals surface area contributed by atoms with E-state index in [1.807, 2.05) is 13.0 Å². The van der Waals surface area contributed by atoms with Crippen molar-refractivity contribution in [3.63, 3.8) is 0 Å². The van der Waals surface area contributed by atoms with Gasteiger partial charge in [0.2, 0.25) is 0 Å². The molecule has 0 aliphatic rings. The average molecular weight is 348 g/mol. The predicted molar refractivity (Wildman–Crippen MR) is 81.4 cm³/mol. The molecule has 0 fully saturated rings. The highest BCUT2D eigenvalue weighted by Gasteiger charge is 2.15. The number of nitrogens with two attached hydrogens (primary N) is 1. The van der Waals surface area contributed by atoms with Gasteiger partial charge in [-0.15, -0.1) is 5.10 Å². The van der Waals surface area contributed by atoms with Crippen molar-refractivity contribution >= 4 is 21.6 Å². The lowest BCUT2D eigenvalue weighted by molar-refractivity contribution is 0.606. The van der Waals surface area contributed by atoms with E-state index in [2.05, 4.69) is 31.5 Å². The van der Waals surface area contributed by atoms with Gasteiger partial charge >= 0.3 is 0 Å². The van der Waals surface area contributed by atoms with Crippen molar-refractivity contribution in [3.8, 4) is 17.1 Å². The van der Waals surface area contributed by atoms with Crippen LogP contribution < -0.4 is 5.73 Å². The molecule has 0 aliphatic carbocycles. The number of aromatic nitrogens is 4. The second-order valence-corrected chi connectivity index (χ2v) is 5.56. The molecular weight excluding hydrogens is 337 g/mol. The average Bonchev–Trinajstić information content (AvgIpc) is 2.86. The minimum absolute atomic E-state index is 0.291. The Kier molecular flexibility index (Phi) is 3.42. The number of anilines is 1. The molecule has 5 nitrogen and oxygen atoms in total. The Hall–Kier alpha value is -2.28. The summed E-state index contributed by atoms with van der Waals surface area (Å²) in [5.74, 6) is 0.0391. The van der Waals surface area contributed by atoms with E-state index in [1.54, 1.807) is 24.3 Å². The Morgan fingerprint density at radius 2 is 2.00 bits per heavy atom. The maximum absolute atomic E-state index is 14.1. The molecule has 0 radical (unpaired) electrons. The number of nitrogen functional groups attached to an aromatic ring is 1. The third kappa shape index (κ3) is 2.64. The van der Waals surface area contributed by atoms with E-state index in [4.69, 9.17) is 5.73 Å². The molecular formula is C14H11BrFN5. The molecule has 0 aliphatic heterocycles. The minimum atomic E-state index is -0.383. The second kappa shape index (κ2) is 5.25. The van der Waals surface area contributed by atoms with Crippen molar-refractivity contribution in [1.29, 1.82) is 0 Å². The summed E-state index contributed by atoms with van der Waals surface area (Å²) in [7, 11) is 0. The van der Waals surface area contributed by atoms with Gasteiger partial charge in [0.1, 0.15) is 11.5 Å². The van der Waals surface area contributed by atoms with Gasteiger partial charge < -0.3 is 5.73 Å². The summed E-state index contributed by atoms with van der Waals surface area (Å²) in [4.78, 5) is 0. The largest absolute Gasteiger partial charge is 0.399 e. The van der Waals surface area contributed by atoms with Crippen LogP contribution in [0.5, 0.6) is 0 Å². The lowest BCUT2D eigenvalue weighted by atomic mass is 10.1. The van der Waals surface area contributed by atoms with Gasteiger partial charge in [0.25, 0.3) is 0 Å². The number of benzene rings is 2. The maximum atomic E-state index is 14.1. The van der Waals surface area contributed by atoms with Crippen LogP contribution in [0.3, 0.4) is 0 Å². The highest BCUT2D eigenvalue weighted by atomic mass is 79.9. The molecule has 7 heteroatoms. The van der Waals surface area contributed by atoms with E-state index >= 15 is 0 Å². The smallest absolute Gasteiger partial charge is 0.187 e. The van der Waals surface area contributed by atoms with E-state index in [-0.39, 0.29) is 5.82 Å². The van der Waals surface area contributed by atoms with Gasteiger partial charge in [0.05, 0.1) is 0 Å². The molecule has 0 saturated heterocycles. The number of halogens is 2. The van der Waals surface area contributed by atoms with E-state index in [0.717, 1.165) is 10.0 Å². The van der Waals surface area contributed by atoms with Crippen LogP contribution in [-0.2, 0) is 0 Å². The van der Waals surface area contributed by atoms with E-state index in [9.17, 15) is 4.39 Å². The van der Waals surface area contributed by atoms with Crippen LogP contribution >= 0.6 is 15.9 Å². The minimum Gasteiger partial charge on any atom is -0.399 e. The molecule has 0 saturated carbocycles. The number of hydrogen-bond donors (Lipinski definition) is 1. The zero-order valence-electron chi connectivity index (χ0n) is 11.1. The molecule has 2 aromatic carbocycles. The Labute approximate surface area is 128 Å². The first kappa shape index (κ1) is 13.7. The maximum Gasteiger partial charge on any atom is 0.187 e. The van der Waals surface area contributed by atoms with Gasteiger partial charge in [0.15, 0.2) is 5.82 Å². The second-order valence-electron chi connectivity index (χ2n) is 4.64. The third-order valence-corrected chi connectivity index (χ3v) is 3.44. The Bertz CT molecular complexity index is 795. The van der Waals surface area contributed by atoms with E-state index in [0.29, 0.717) is 22.8 Å². The molecule has 21 heavy (non-hydrogen) atoms. The highest BCUT2D eigenvalue weighted by molar-refractivity contribution is 9.10. The molecule has 1 heterocycles. The SMILES string of the molecule is Cc1ccc(-n2nnnc2-c2cc(N)cc(Br)c2)c(F)c1. The van der Waals surface area contributed by atoms with E-state index in [1.165, 1.54) is 10.7 Å². The highest BCUT2D eigenvalue weighted by Crippen LogP contribution is 2.26. The van der Waals surface area contributed by atoms with Crippen LogP contribution in [0.2, 0.25) is 0 Å². The molecule has 106 valence electrons. The lowest BCUT2D eigenvalue weighted by Crippen LogP contribution is -2.03. The Morgan fingerprint density at radius 1 is 1.19 bits per heavy atom. The van der Waals surface area contributed by atoms with Crippen molar-refractivity contribution < 1.29 is 4.39 Å². The van der Waals surface area contributed by atoms with Crippen LogP contribution in [-0.4, -0.2) is 20.2 Å². The van der Waals surface area contributed by atoms with Gasteiger partial charge in [-0.25, -0.2) is 4.39 Å². The zero-order chi connectivity index (χ0) is 15.0. The number of tetrazole rings is 1. The molecule has 3 rings (SSSR count). The molecule has 2 N–H and O–H groups in total. The van der Waals surface area contributed by atoms with Crippen molar-refractivity contribution in [1.82, 2.24) is 20.2 Å². The first-order valence-electron chi connectivity index (χ1n) is 6.16. The Morgan fingerprint density at radius 3 is 2.71 bits per heavy atom. The number of nitrogens with zero attached hydrogens (tertiary/aromatic N) is 4. The zero-order valence-corrected chi connectivity index (χ0v) is 12.7. The molecule has 0 amide bonds. The molecule has 0 spiro atoms. The summed E-state index contributed by atoms with van der Waals surface area (Å²) < 4.78 is 16.3. The number of rotatable bonds is 2. The fourth-order valence-corrected chi connectivity index (χ4v) is 2.57. The van der Waals surface area contributed by atoms with Gasteiger partial charge in [-0.1, -0.05) is 22.0 Å². The van der Waals surface area contributed by atoms with Crippen LogP contribution in [0.1, 0.15) is 5.56 Å². The van der Waals surface area contributed by atoms with Crippen molar-refractivity contribution in [2.24, 2.45) is 0 Å². The monoisotopic (exact) mass is 347 g/mol. The Balaban J connectivity index is 2.17. The normalized spacial score (nSPS) is 10.8. The third-order valence-electron chi connectivity index (χ3n) is 2.98. The number of hydrogen-bond acceptors (Lipinski definition) is 4. The molecule has 0 unspecified atom stereocenters. The van der Waals surface area contributed by atoms with Gasteiger partial charge in [-0.2, -0.15) is 4.68 Å². The van der Waals surface area contributed by atoms with Crippen molar-refractivity contribution in [2.75, 3.05) is 5.73 Å². The van der Waals surface area contributed by atoms with Crippen LogP contribution in [0, 0.1) is 12.7 Å². The summed E-state index contributed by atoms with van der Waals surface area (Å²) in [6.07, 6.45) is 0. The summed E-state index contributed by atoms with van der Waals surface area (Å²) >= 11 is 3.37. The molecule has 3 aromatic rings. The van der Waals surface area contributed by atoms with Crippen LogP contribution in [0.25, 0.3) is 17.1 Å². The van der Waals surface area contributed by atoms with Crippen LogP contribution in [0.4, 0.5) is 10.1 Å². The molecule has 0 bridgehead atoms. The molecule has 0 atom stereocenters. The topological polar surface area (TPSA) is 69.6 Å². The van der Waals surface area contributed by atoms with Gasteiger partial charge in [-0.3, -0.25) is 0 Å². The summed E-state index contributed by atoms with van der Waals surface area (Å²) in [6.45, 7) is 1.82. The summed E-state index contributed by atoms with van der Waals surface area (Å²) in [5, 5.41) is 11.5.